The Kier molecular flexibility index (Phi) is 9.83. The third-order valence-corrected chi connectivity index (χ3v) is 3.27. The molecule has 148 valence electrons. The second kappa shape index (κ2) is 11.6. The predicted molar refractivity (Wildman–Crippen MR) is 107 cm³/mol. The highest BCUT2D eigenvalue weighted by Crippen LogP contribution is 2.17. The minimum atomic E-state index is -4.39. The van der Waals surface area contributed by atoms with Crippen LogP contribution in [0.1, 0.15) is 11.3 Å². The molecule has 6 nitrogen and oxygen atoms in total. The van der Waals surface area contributed by atoms with E-state index in [-0.39, 0.29) is 29.9 Å². The van der Waals surface area contributed by atoms with Crippen LogP contribution in [0.5, 0.6) is 5.88 Å². The molecule has 2 heterocycles. The largest absolute Gasteiger partial charge is 0.468 e. The molecule has 2 aromatic rings. The number of aliphatic imine (C=N–C) groups is 1. The van der Waals surface area contributed by atoms with Crippen LogP contribution < -0.4 is 15.4 Å². The number of pyridine rings is 2. The average Bonchev–Trinajstić information content (AvgIpc) is 2.63. The molecule has 2 N–H and O–H groups in total. The van der Waals surface area contributed by atoms with Crippen LogP contribution in [0.25, 0.3) is 0 Å². The number of rotatable bonds is 7. The van der Waals surface area contributed by atoms with Gasteiger partial charge < -0.3 is 15.4 Å². The third kappa shape index (κ3) is 9.40. The fourth-order valence-corrected chi connectivity index (χ4v) is 2.06. The van der Waals surface area contributed by atoms with Gasteiger partial charge in [-0.15, -0.1) is 24.0 Å². The summed E-state index contributed by atoms with van der Waals surface area (Å²) >= 11 is 0. The van der Waals surface area contributed by atoms with E-state index in [2.05, 4.69) is 30.3 Å². The molecule has 0 spiro atoms. The Hall–Kier alpha value is -2.11. The van der Waals surface area contributed by atoms with Crippen LogP contribution >= 0.6 is 24.0 Å². The quantitative estimate of drug-likeness (QED) is 0.351. The van der Waals surface area contributed by atoms with Crippen molar-refractivity contribution in [2.24, 2.45) is 4.99 Å². The highest BCUT2D eigenvalue weighted by atomic mass is 127. The summed E-state index contributed by atoms with van der Waals surface area (Å²) in [6.07, 6.45) is -0.508. The number of aromatic nitrogens is 2. The van der Waals surface area contributed by atoms with Gasteiger partial charge in [0.25, 0.3) is 0 Å². The van der Waals surface area contributed by atoms with E-state index < -0.39 is 12.8 Å². The minimum Gasteiger partial charge on any atom is -0.468 e. The summed E-state index contributed by atoms with van der Waals surface area (Å²) in [6.45, 7) is -0.352. The standard InChI is InChI=1S/C17H20F3N5O.HI/c1-21-16(24-9-6-14-4-2-3-7-22-14)25-11-13-5-8-23-15(10-13)26-12-17(18,19)20;/h2-5,7-8,10H,6,9,11-12H2,1H3,(H2,21,24,25);1H. The van der Waals surface area contributed by atoms with E-state index >= 15 is 0 Å². The molecule has 0 amide bonds. The van der Waals surface area contributed by atoms with E-state index in [9.17, 15) is 13.2 Å². The number of alkyl halides is 3. The van der Waals surface area contributed by atoms with Crippen molar-refractivity contribution < 1.29 is 17.9 Å². The van der Waals surface area contributed by atoms with Gasteiger partial charge in [-0.1, -0.05) is 6.07 Å². The Morgan fingerprint density at radius 2 is 1.96 bits per heavy atom. The van der Waals surface area contributed by atoms with E-state index in [4.69, 9.17) is 0 Å². The zero-order valence-electron chi connectivity index (χ0n) is 14.7. The number of ether oxygens (including phenoxy) is 1. The van der Waals surface area contributed by atoms with Crippen molar-refractivity contribution in [3.63, 3.8) is 0 Å². The Labute approximate surface area is 172 Å². The van der Waals surface area contributed by atoms with E-state index in [1.165, 1.54) is 12.3 Å². The first-order valence-electron chi connectivity index (χ1n) is 7.95. The summed E-state index contributed by atoms with van der Waals surface area (Å²) in [6, 6.07) is 8.88. The summed E-state index contributed by atoms with van der Waals surface area (Å²) in [5.41, 5.74) is 1.70. The van der Waals surface area contributed by atoms with E-state index in [0.717, 1.165) is 17.7 Å². The zero-order chi connectivity index (χ0) is 18.8. The van der Waals surface area contributed by atoms with E-state index in [1.807, 2.05) is 18.2 Å². The molecule has 0 bridgehead atoms. The second-order valence-electron chi connectivity index (χ2n) is 5.33. The second-order valence-corrected chi connectivity index (χ2v) is 5.33. The fourth-order valence-electron chi connectivity index (χ4n) is 2.06. The lowest BCUT2D eigenvalue weighted by Gasteiger charge is -2.13. The molecule has 0 atom stereocenters. The number of halogens is 4. The van der Waals surface area contributed by atoms with Gasteiger partial charge in [-0.25, -0.2) is 4.98 Å². The summed E-state index contributed by atoms with van der Waals surface area (Å²) in [5.74, 6) is 0.509. The number of hydrogen-bond acceptors (Lipinski definition) is 4. The maximum atomic E-state index is 12.2. The van der Waals surface area contributed by atoms with Crippen LogP contribution in [-0.2, 0) is 13.0 Å². The molecule has 2 rings (SSSR count). The SMILES string of the molecule is CN=C(NCCc1ccccn1)NCc1ccnc(OCC(F)(F)F)c1.I. The lowest BCUT2D eigenvalue weighted by molar-refractivity contribution is -0.154. The molecule has 0 radical (unpaired) electrons. The molecule has 0 saturated carbocycles. The Bertz CT molecular complexity index is 713. The van der Waals surface area contributed by atoms with Crippen molar-refractivity contribution in [1.82, 2.24) is 20.6 Å². The number of nitrogens with one attached hydrogen (secondary N) is 2. The van der Waals surface area contributed by atoms with Gasteiger partial charge >= 0.3 is 6.18 Å². The summed E-state index contributed by atoms with van der Waals surface area (Å²) in [4.78, 5) is 12.1. The summed E-state index contributed by atoms with van der Waals surface area (Å²) in [5, 5.41) is 6.24. The molecular weight excluding hydrogens is 474 g/mol. The van der Waals surface area contributed by atoms with Crippen molar-refractivity contribution in [1.29, 1.82) is 0 Å². The molecule has 10 heteroatoms. The van der Waals surface area contributed by atoms with Crippen LogP contribution in [0.2, 0.25) is 0 Å². The molecule has 0 fully saturated rings. The fraction of sp³-hybridized carbons (Fsp3) is 0.353. The van der Waals surface area contributed by atoms with Crippen molar-refractivity contribution in [3.05, 3.63) is 54.0 Å². The van der Waals surface area contributed by atoms with E-state index in [0.29, 0.717) is 19.0 Å². The molecule has 2 aromatic heterocycles. The lowest BCUT2D eigenvalue weighted by atomic mass is 10.2. The number of hydrogen-bond donors (Lipinski definition) is 2. The highest BCUT2D eigenvalue weighted by molar-refractivity contribution is 14.0. The van der Waals surface area contributed by atoms with Crippen LogP contribution in [-0.4, -0.2) is 42.3 Å². The first kappa shape index (κ1) is 22.9. The summed E-state index contributed by atoms with van der Waals surface area (Å²) in [7, 11) is 1.64. The van der Waals surface area contributed by atoms with Gasteiger partial charge in [-0.05, 0) is 23.8 Å². The minimum absolute atomic E-state index is 0. The third-order valence-electron chi connectivity index (χ3n) is 3.27. The zero-order valence-corrected chi connectivity index (χ0v) is 17.0. The molecule has 0 saturated heterocycles. The van der Waals surface area contributed by atoms with Gasteiger partial charge in [0.1, 0.15) is 0 Å². The van der Waals surface area contributed by atoms with Crippen molar-refractivity contribution >= 4 is 29.9 Å². The summed E-state index contributed by atoms with van der Waals surface area (Å²) < 4.78 is 41.2. The van der Waals surface area contributed by atoms with Gasteiger partial charge in [0.15, 0.2) is 12.6 Å². The van der Waals surface area contributed by atoms with Gasteiger partial charge in [0, 0.05) is 50.7 Å². The van der Waals surface area contributed by atoms with Crippen LogP contribution in [0.3, 0.4) is 0 Å². The van der Waals surface area contributed by atoms with Gasteiger partial charge in [0.05, 0.1) is 0 Å². The normalized spacial score (nSPS) is 11.5. The predicted octanol–water partition coefficient (Wildman–Crippen LogP) is 2.94. The molecule has 27 heavy (non-hydrogen) atoms. The van der Waals surface area contributed by atoms with Gasteiger partial charge in [-0.2, -0.15) is 13.2 Å². The molecule has 0 aliphatic rings. The maximum Gasteiger partial charge on any atom is 0.422 e. The number of guanidine groups is 1. The topological polar surface area (TPSA) is 71.4 Å². The highest BCUT2D eigenvalue weighted by Gasteiger charge is 2.28. The molecule has 0 unspecified atom stereocenters. The smallest absolute Gasteiger partial charge is 0.422 e. The monoisotopic (exact) mass is 495 g/mol. The van der Waals surface area contributed by atoms with Crippen LogP contribution in [0.4, 0.5) is 13.2 Å². The van der Waals surface area contributed by atoms with Gasteiger partial charge in [0.2, 0.25) is 5.88 Å². The molecule has 0 aliphatic carbocycles. The Balaban J connectivity index is 0.00000364. The molecule has 0 aliphatic heterocycles. The first-order valence-corrected chi connectivity index (χ1v) is 7.95. The van der Waals surface area contributed by atoms with E-state index in [1.54, 1.807) is 19.3 Å². The first-order chi connectivity index (χ1) is 12.5. The van der Waals surface area contributed by atoms with Crippen molar-refractivity contribution in [2.75, 3.05) is 20.2 Å². The molecule has 0 aromatic carbocycles. The average molecular weight is 495 g/mol. The van der Waals surface area contributed by atoms with Crippen molar-refractivity contribution in [2.45, 2.75) is 19.1 Å². The maximum absolute atomic E-state index is 12.2. The Morgan fingerprint density at radius 1 is 1.15 bits per heavy atom. The Morgan fingerprint density at radius 3 is 2.63 bits per heavy atom. The van der Waals surface area contributed by atoms with Crippen molar-refractivity contribution in [3.8, 4) is 5.88 Å². The van der Waals surface area contributed by atoms with Gasteiger partial charge in [-0.3, -0.25) is 9.98 Å². The number of nitrogens with zero attached hydrogens (tertiary/aromatic N) is 3. The lowest BCUT2D eigenvalue weighted by Crippen LogP contribution is -2.37. The van der Waals surface area contributed by atoms with Crippen LogP contribution in [0, 0.1) is 0 Å². The molecular formula is C17H21F3IN5O. The van der Waals surface area contributed by atoms with Crippen LogP contribution in [0.15, 0.2) is 47.7 Å².